The number of phenols is 2. The minimum atomic E-state index is -0.342. The second kappa shape index (κ2) is 13.6. The number of Topliss-reactive ketones (excluding diaryl/α,β-unsaturated/α-hetero) is 1. The first kappa shape index (κ1) is 27.2. The number of hydrogen-bond acceptors (Lipinski definition) is 4. The van der Waals surface area contributed by atoms with Crippen LogP contribution in [0, 0.1) is 11.7 Å². The molecule has 192 valence electrons. The number of phenolic OH excluding ortho intramolecular Hbond substituents is 2. The lowest BCUT2D eigenvalue weighted by molar-refractivity contribution is 0.0848. The number of nitrogens with one attached hydrogen (secondary N) is 1. The molecule has 2 atom stereocenters. The highest BCUT2D eigenvalue weighted by Gasteiger charge is 2.38. The van der Waals surface area contributed by atoms with Gasteiger partial charge in [0.1, 0.15) is 5.82 Å². The Bertz CT molecular complexity index is 920. The molecule has 2 aromatic rings. The molecule has 1 aliphatic rings. The highest BCUT2D eigenvalue weighted by molar-refractivity contribution is 5.98. The lowest BCUT2D eigenvalue weighted by Crippen LogP contribution is -2.50. The summed E-state index contributed by atoms with van der Waals surface area (Å²) < 4.78 is 13.3. The molecular weight excluding hydrogens is 441 g/mol. The summed E-state index contributed by atoms with van der Waals surface area (Å²) in [5.74, 6) is -0.698. The summed E-state index contributed by atoms with van der Waals surface area (Å²) >= 11 is 0. The number of aromatic hydroxyl groups is 2. The maximum Gasteiger partial charge on any atom is 0.167 e. The van der Waals surface area contributed by atoms with Gasteiger partial charge in [0.25, 0.3) is 0 Å². The van der Waals surface area contributed by atoms with Gasteiger partial charge in [0.15, 0.2) is 17.3 Å². The van der Waals surface area contributed by atoms with Crippen LogP contribution in [0.25, 0.3) is 0 Å². The van der Waals surface area contributed by atoms with Crippen LogP contribution in [0.1, 0.15) is 106 Å². The zero-order chi connectivity index (χ0) is 25.1. The third-order valence-electron chi connectivity index (χ3n) is 7.59. The first-order valence-corrected chi connectivity index (χ1v) is 13.5. The zero-order valence-corrected chi connectivity index (χ0v) is 21.2. The number of unbranched alkanes of at least 4 members (excludes halogenated alkanes) is 9. The van der Waals surface area contributed by atoms with E-state index in [1.54, 1.807) is 24.3 Å². The van der Waals surface area contributed by atoms with Crippen molar-refractivity contribution in [2.45, 2.75) is 95.9 Å². The number of piperidine rings is 1. The predicted molar refractivity (Wildman–Crippen MR) is 139 cm³/mol. The Labute approximate surface area is 210 Å². The van der Waals surface area contributed by atoms with E-state index in [1.807, 2.05) is 6.07 Å². The maximum atomic E-state index is 13.3. The molecule has 3 N–H and O–H groups in total. The fraction of sp³-hybridized carbons (Fsp3) is 0.567. The van der Waals surface area contributed by atoms with Crippen molar-refractivity contribution in [1.29, 1.82) is 0 Å². The standard InChI is InChI=1S/C30H42FNO3/c1-2-3-4-5-6-7-8-9-10-11-19-30(25-14-17-27(33)28(34)21-25)20-18-24(22-32-30)29(35)23-12-15-26(31)16-13-23/h12-17,21,24,32-34H,2-11,18-20,22H2,1H3. The first-order chi connectivity index (χ1) is 16.9. The second-order valence-electron chi connectivity index (χ2n) is 10.2. The predicted octanol–water partition coefficient (Wildman–Crippen LogP) is 7.63. The third kappa shape index (κ3) is 7.79. The Morgan fingerprint density at radius 1 is 0.914 bits per heavy atom. The Hall–Kier alpha value is -2.40. The van der Waals surface area contributed by atoms with Crippen molar-refractivity contribution >= 4 is 5.78 Å². The number of carbonyl (C=O) groups is 1. The molecule has 4 nitrogen and oxygen atoms in total. The van der Waals surface area contributed by atoms with Crippen LogP contribution in [-0.2, 0) is 5.54 Å². The minimum absolute atomic E-state index is 0.0404. The van der Waals surface area contributed by atoms with Crippen molar-refractivity contribution < 1.29 is 19.4 Å². The van der Waals surface area contributed by atoms with Gasteiger partial charge in [-0.1, -0.05) is 77.2 Å². The lowest BCUT2D eigenvalue weighted by atomic mass is 9.74. The molecule has 3 rings (SSSR count). The van der Waals surface area contributed by atoms with Gasteiger partial charge in [0.2, 0.25) is 0 Å². The van der Waals surface area contributed by atoms with Crippen LogP contribution >= 0.6 is 0 Å². The summed E-state index contributed by atoms with van der Waals surface area (Å²) in [5.41, 5.74) is 1.17. The first-order valence-electron chi connectivity index (χ1n) is 13.5. The van der Waals surface area contributed by atoms with Crippen LogP contribution in [-0.4, -0.2) is 22.5 Å². The van der Waals surface area contributed by atoms with Gasteiger partial charge in [-0.2, -0.15) is 0 Å². The molecule has 2 unspecified atom stereocenters. The third-order valence-corrected chi connectivity index (χ3v) is 7.59. The Balaban J connectivity index is 1.56. The Morgan fingerprint density at radius 2 is 1.54 bits per heavy atom. The zero-order valence-electron chi connectivity index (χ0n) is 21.2. The second-order valence-corrected chi connectivity index (χ2v) is 10.2. The van der Waals surface area contributed by atoms with E-state index in [4.69, 9.17) is 0 Å². The fourth-order valence-electron chi connectivity index (χ4n) is 5.34. The highest BCUT2D eigenvalue weighted by Crippen LogP contribution is 2.40. The number of ketones is 1. The van der Waals surface area contributed by atoms with Crippen molar-refractivity contribution in [2.75, 3.05) is 6.54 Å². The number of rotatable bonds is 14. The van der Waals surface area contributed by atoms with Crippen molar-refractivity contribution in [1.82, 2.24) is 5.32 Å². The van der Waals surface area contributed by atoms with E-state index >= 15 is 0 Å². The molecule has 2 aromatic carbocycles. The quantitative estimate of drug-likeness (QED) is 0.147. The number of benzene rings is 2. The van der Waals surface area contributed by atoms with Crippen LogP contribution in [0.15, 0.2) is 42.5 Å². The molecule has 5 heteroatoms. The summed E-state index contributed by atoms with van der Waals surface area (Å²) in [6.45, 7) is 2.78. The molecule has 1 aliphatic heterocycles. The van der Waals surface area contributed by atoms with Crippen LogP contribution in [0.4, 0.5) is 4.39 Å². The average Bonchev–Trinajstić information content (AvgIpc) is 2.87. The van der Waals surface area contributed by atoms with Gasteiger partial charge >= 0.3 is 0 Å². The lowest BCUT2D eigenvalue weighted by Gasteiger charge is -2.42. The van der Waals surface area contributed by atoms with Crippen LogP contribution in [0.5, 0.6) is 11.5 Å². The van der Waals surface area contributed by atoms with Gasteiger partial charge in [-0.3, -0.25) is 4.79 Å². The maximum absolute atomic E-state index is 13.3. The van der Waals surface area contributed by atoms with Gasteiger partial charge < -0.3 is 15.5 Å². The van der Waals surface area contributed by atoms with Crippen molar-refractivity contribution in [3.8, 4) is 11.5 Å². The molecule has 1 fully saturated rings. The van der Waals surface area contributed by atoms with E-state index in [-0.39, 0.29) is 34.6 Å². The summed E-state index contributed by atoms with van der Waals surface area (Å²) in [6, 6.07) is 10.8. The largest absolute Gasteiger partial charge is 0.504 e. The Kier molecular flexibility index (Phi) is 10.6. The molecule has 0 amide bonds. The van der Waals surface area contributed by atoms with Crippen molar-refractivity contribution in [3.05, 3.63) is 59.4 Å². The fourth-order valence-corrected chi connectivity index (χ4v) is 5.34. The van der Waals surface area contributed by atoms with Gasteiger partial charge in [-0.05, 0) is 61.2 Å². The van der Waals surface area contributed by atoms with Crippen molar-refractivity contribution in [2.24, 2.45) is 5.92 Å². The molecule has 0 saturated carbocycles. The smallest absolute Gasteiger partial charge is 0.167 e. The highest BCUT2D eigenvalue weighted by atomic mass is 19.1. The van der Waals surface area contributed by atoms with Crippen LogP contribution in [0.3, 0.4) is 0 Å². The molecule has 0 spiro atoms. The van der Waals surface area contributed by atoms with Crippen LogP contribution in [0.2, 0.25) is 0 Å². The van der Waals surface area contributed by atoms with Gasteiger partial charge in [0, 0.05) is 23.6 Å². The molecule has 35 heavy (non-hydrogen) atoms. The average molecular weight is 484 g/mol. The monoisotopic (exact) mass is 483 g/mol. The molecule has 0 bridgehead atoms. The summed E-state index contributed by atoms with van der Waals surface area (Å²) in [5, 5.41) is 23.6. The van der Waals surface area contributed by atoms with E-state index in [0.29, 0.717) is 12.1 Å². The van der Waals surface area contributed by atoms with E-state index in [2.05, 4.69) is 12.2 Å². The van der Waals surface area contributed by atoms with E-state index in [9.17, 15) is 19.4 Å². The molecule has 0 aliphatic carbocycles. The molecule has 1 saturated heterocycles. The molecule has 0 radical (unpaired) electrons. The normalized spacial score (nSPS) is 20.1. The van der Waals surface area contributed by atoms with E-state index < -0.39 is 0 Å². The molecule has 1 heterocycles. The van der Waals surface area contributed by atoms with Gasteiger partial charge in [-0.25, -0.2) is 4.39 Å². The van der Waals surface area contributed by atoms with E-state index in [1.165, 1.54) is 69.9 Å². The SMILES string of the molecule is CCCCCCCCCCCCC1(c2ccc(O)c(O)c2)CCC(C(=O)c2ccc(F)cc2)CN1. The summed E-state index contributed by atoms with van der Waals surface area (Å²) in [4.78, 5) is 13.0. The summed E-state index contributed by atoms with van der Waals surface area (Å²) in [6.07, 6.45) is 15.2. The van der Waals surface area contributed by atoms with Crippen LogP contribution < -0.4 is 5.32 Å². The van der Waals surface area contributed by atoms with Gasteiger partial charge in [0.05, 0.1) is 0 Å². The minimum Gasteiger partial charge on any atom is -0.504 e. The summed E-state index contributed by atoms with van der Waals surface area (Å²) in [7, 11) is 0. The topological polar surface area (TPSA) is 69.6 Å². The van der Waals surface area contributed by atoms with Crippen molar-refractivity contribution in [3.63, 3.8) is 0 Å². The van der Waals surface area contributed by atoms with Gasteiger partial charge in [-0.15, -0.1) is 0 Å². The molecule has 0 aromatic heterocycles. The Morgan fingerprint density at radius 3 is 2.11 bits per heavy atom. The number of hydrogen-bond donors (Lipinski definition) is 3. The number of carbonyl (C=O) groups excluding carboxylic acids is 1. The van der Waals surface area contributed by atoms with E-state index in [0.717, 1.165) is 31.2 Å². The molecular formula is C30H42FNO3. The number of halogens is 1.